The summed E-state index contributed by atoms with van der Waals surface area (Å²) in [6, 6.07) is 0. The summed E-state index contributed by atoms with van der Waals surface area (Å²) in [5.41, 5.74) is 0. The fourth-order valence-corrected chi connectivity index (χ4v) is 5.32. The highest BCUT2D eigenvalue weighted by Crippen LogP contribution is 2.52. The van der Waals surface area contributed by atoms with Gasteiger partial charge in [-0.1, -0.05) is 96.1 Å². The van der Waals surface area contributed by atoms with E-state index in [1.54, 1.807) is 0 Å². The molecule has 0 amide bonds. The quantitative estimate of drug-likeness (QED) is 0.0670. The summed E-state index contributed by atoms with van der Waals surface area (Å²) in [4.78, 5) is 19.2. The standard InChI is InChI=1S/C26H54NO4P/c1-5-6-7-8-9-10-11-12-13-14-15-16-17-18-19-20-21-22-23-24-26(28,32(29,30)31)25-27(2,3)4/h18-19,28H,5-17,20-25H2,1-4H3,(H-,29,30,31)/p+1/b19-18-. The molecule has 3 N–H and O–H groups in total. The molecule has 0 rings (SSSR count). The molecule has 32 heavy (non-hydrogen) atoms. The Labute approximate surface area is 199 Å². The molecule has 1 atom stereocenters. The third-order valence-corrected chi connectivity index (χ3v) is 7.56. The molecule has 6 heteroatoms. The first-order valence-corrected chi connectivity index (χ1v) is 14.9. The Morgan fingerprint density at radius 1 is 0.688 bits per heavy atom. The lowest BCUT2D eigenvalue weighted by Crippen LogP contribution is -2.49. The highest BCUT2D eigenvalue weighted by Gasteiger charge is 2.48. The number of likely N-dealkylation sites (N-methyl/N-ethyl adjacent to an activating group) is 1. The average molecular weight is 477 g/mol. The predicted molar refractivity (Wildman–Crippen MR) is 138 cm³/mol. The van der Waals surface area contributed by atoms with Crippen LogP contribution in [0.25, 0.3) is 0 Å². The summed E-state index contributed by atoms with van der Waals surface area (Å²) in [5, 5.41) is 8.61. The molecule has 0 aromatic carbocycles. The van der Waals surface area contributed by atoms with Crippen LogP contribution in [-0.4, -0.2) is 52.4 Å². The molecule has 0 aromatic heterocycles. The van der Waals surface area contributed by atoms with Crippen molar-refractivity contribution >= 4 is 7.60 Å². The molecule has 0 spiro atoms. The topological polar surface area (TPSA) is 77.8 Å². The molecular weight excluding hydrogens is 421 g/mol. The number of unbranched alkanes of at least 4 members (excludes halogenated alkanes) is 15. The maximum absolute atomic E-state index is 11.8. The van der Waals surface area contributed by atoms with E-state index in [0.29, 0.717) is 10.9 Å². The maximum atomic E-state index is 11.8. The summed E-state index contributed by atoms with van der Waals surface area (Å²) in [6.45, 7) is 2.32. The van der Waals surface area contributed by atoms with Crippen molar-refractivity contribution in [2.45, 2.75) is 128 Å². The van der Waals surface area contributed by atoms with Crippen LogP contribution in [-0.2, 0) is 4.57 Å². The lowest BCUT2D eigenvalue weighted by Gasteiger charge is -2.35. The van der Waals surface area contributed by atoms with Crippen molar-refractivity contribution < 1.29 is 23.9 Å². The zero-order valence-electron chi connectivity index (χ0n) is 21.7. The second-order valence-corrected chi connectivity index (χ2v) is 12.6. The van der Waals surface area contributed by atoms with Crippen LogP contribution in [0.15, 0.2) is 12.2 Å². The smallest absolute Gasteiger partial charge is 0.362 e. The maximum Gasteiger partial charge on any atom is 0.362 e. The van der Waals surface area contributed by atoms with Crippen LogP contribution in [0.3, 0.4) is 0 Å². The molecule has 0 radical (unpaired) electrons. The van der Waals surface area contributed by atoms with Crippen LogP contribution in [0.5, 0.6) is 0 Å². The number of aliphatic hydroxyl groups is 1. The van der Waals surface area contributed by atoms with Crippen molar-refractivity contribution in [3.05, 3.63) is 12.2 Å². The molecule has 192 valence electrons. The van der Waals surface area contributed by atoms with Crippen molar-refractivity contribution in [3.8, 4) is 0 Å². The molecule has 0 aromatic rings. The lowest BCUT2D eigenvalue weighted by atomic mass is 10.0. The van der Waals surface area contributed by atoms with Gasteiger partial charge >= 0.3 is 7.60 Å². The minimum absolute atomic E-state index is 0.0518. The summed E-state index contributed by atoms with van der Waals surface area (Å²) >= 11 is 0. The Bertz CT molecular complexity index is 512. The van der Waals surface area contributed by atoms with E-state index >= 15 is 0 Å². The van der Waals surface area contributed by atoms with Crippen molar-refractivity contribution in [2.24, 2.45) is 0 Å². The van der Waals surface area contributed by atoms with E-state index in [1.807, 2.05) is 21.1 Å². The molecule has 0 heterocycles. The van der Waals surface area contributed by atoms with Crippen LogP contribution in [0, 0.1) is 0 Å². The van der Waals surface area contributed by atoms with Crippen LogP contribution < -0.4 is 0 Å². The number of nitrogens with zero attached hydrogens (tertiary/aromatic N) is 1. The Balaban J connectivity index is 3.62. The molecule has 0 aliphatic rings. The van der Waals surface area contributed by atoms with Crippen LogP contribution >= 0.6 is 7.60 Å². The van der Waals surface area contributed by atoms with E-state index in [0.717, 1.165) is 25.7 Å². The third-order valence-electron chi connectivity index (χ3n) is 6.11. The molecule has 0 fully saturated rings. The zero-order chi connectivity index (χ0) is 24.3. The molecule has 0 aliphatic carbocycles. The molecule has 5 nitrogen and oxygen atoms in total. The Morgan fingerprint density at radius 2 is 1.06 bits per heavy atom. The normalized spacial score (nSPS) is 14.8. The number of hydrogen-bond acceptors (Lipinski definition) is 2. The van der Waals surface area contributed by atoms with Gasteiger partial charge in [0.05, 0.1) is 21.1 Å². The highest BCUT2D eigenvalue weighted by atomic mass is 31.2. The highest BCUT2D eigenvalue weighted by molar-refractivity contribution is 7.53. The summed E-state index contributed by atoms with van der Waals surface area (Å²) in [5.74, 6) is 0. The van der Waals surface area contributed by atoms with Gasteiger partial charge in [-0.3, -0.25) is 4.57 Å². The third kappa shape index (κ3) is 18.3. The number of allylic oxidation sites excluding steroid dienone is 2. The SMILES string of the molecule is CCCCCCCCCCCCCC/C=C\CCCCCC(O)(C[N+](C)(C)C)P(=O)(O)O. The Hall–Kier alpha value is -0.190. The van der Waals surface area contributed by atoms with Gasteiger partial charge in [-0.25, -0.2) is 0 Å². The Morgan fingerprint density at radius 3 is 1.44 bits per heavy atom. The molecule has 0 aliphatic heterocycles. The van der Waals surface area contributed by atoms with E-state index in [1.165, 1.54) is 77.0 Å². The predicted octanol–water partition coefficient (Wildman–Crippen LogP) is 7.16. The van der Waals surface area contributed by atoms with Gasteiger partial charge in [0, 0.05) is 0 Å². The van der Waals surface area contributed by atoms with Gasteiger partial charge in [0.25, 0.3) is 0 Å². The second-order valence-electron chi connectivity index (χ2n) is 10.7. The van der Waals surface area contributed by atoms with Crippen LogP contribution in [0.1, 0.15) is 122 Å². The largest absolute Gasteiger partial charge is 0.373 e. The van der Waals surface area contributed by atoms with E-state index in [4.69, 9.17) is 0 Å². The second kappa shape index (κ2) is 18.2. The first-order chi connectivity index (χ1) is 15.0. The zero-order valence-corrected chi connectivity index (χ0v) is 22.6. The van der Waals surface area contributed by atoms with Gasteiger partial charge in [0.1, 0.15) is 6.54 Å². The number of quaternary nitrogens is 1. The first kappa shape index (κ1) is 31.8. The van der Waals surface area contributed by atoms with Gasteiger partial charge in [0.15, 0.2) is 0 Å². The minimum atomic E-state index is -4.55. The number of rotatable bonds is 22. The van der Waals surface area contributed by atoms with Gasteiger partial charge in [-0.15, -0.1) is 0 Å². The summed E-state index contributed by atoms with van der Waals surface area (Å²) in [7, 11) is 0.954. The van der Waals surface area contributed by atoms with Crippen molar-refractivity contribution in [1.29, 1.82) is 0 Å². The van der Waals surface area contributed by atoms with Crippen LogP contribution in [0.4, 0.5) is 0 Å². The summed E-state index contributed by atoms with van der Waals surface area (Å²) in [6.07, 6.45) is 25.9. The first-order valence-electron chi connectivity index (χ1n) is 13.3. The fraction of sp³-hybridized carbons (Fsp3) is 0.923. The monoisotopic (exact) mass is 476 g/mol. The van der Waals surface area contributed by atoms with E-state index in [2.05, 4.69) is 19.1 Å². The van der Waals surface area contributed by atoms with Crippen molar-refractivity contribution in [2.75, 3.05) is 27.7 Å². The fourth-order valence-electron chi connectivity index (χ4n) is 4.26. The van der Waals surface area contributed by atoms with E-state index in [-0.39, 0.29) is 13.0 Å². The van der Waals surface area contributed by atoms with E-state index in [9.17, 15) is 19.5 Å². The Kier molecular flexibility index (Phi) is 18.1. The molecule has 1 unspecified atom stereocenters. The van der Waals surface area contributed by atoms with Crippen molar-refractivity contribution in [1.82, 2.24) is 0 Å². The van der Waals surface area contributed by atoms with Gasteiger partial charge in [-0.05, 0) is 38.5 Å². The van der Waals surface area contributed by atoms with Gasteiger partial charge in [0.2, 0.25) is 5.34 Å². The van der Waals surface area contributed by atoms with E-state index < -0.39 is 12.9 Å². The lowest BCUT2D eigenvalue weighted by molar-refractivity contribution is -0.875. The minimum Gasteiger partial charge on any atom is -0.373 e. The molecule has 0 bridgehead atoms. The van der Waals surface area contributed by atoms with Crippen LogP contribution in [0.2, 0.25) is 0 Å². The van der Waals surface area contributed by atoms with Gasteiger partial charge < -0.3 is 19.4 Å². The average Bonchev–Trinajstić information content (AvgIpc) is 2.67. The molecule has 0 saturated carbocycles. The number of hydrogen-bond donors (Lipinski definition) is 3. The molecular formula is C26H55NO4P+. The van der Waals surface area contributed by atoms with Gasteiger partial charge in [-0.2, -0.15) is 0 Å². The molecule has 0 saturated heterocycles. The van der Waals surface area contributed by atoms with Crippen molar-refractivity contribution in [3.63, 3.8) is 0 Å². The summed E-state index contributed by atoms with van der Waals surface area (Å²) < 4.78 is 12.1.